The first-order valence-electron chi connectivity index (χ1n) is 12.5. The number of para-hydroxylation sites is 2. The van der Waals surface area contributed by atoms with Gasteiger partial charge in [-0.1, -0.05) is 18.2 Å². The molecule has 2 aromatic rings. The van der Waals surface area contributed by atoms with Crippen LogP contribution in [0.3, 0.4) is 0 Å². The lowest BCUT2D eigenvalue weighted by molar-refractivity contribution is -0.135. The van der Waals surface area contributed by atoms with Gasteiger partial charge in [0, 0.05) is 39.1 Å². The molecule has 3 aliphatic heterocycles. The Kier molecular flexibility index (Phi) is 6.28. The Labute approximate surface area is 210 Å². The summed E-state index contributed by atoms with van der Waals surface area (Å²) in [5.74, 6) is 0.213. The van der Waals surface area contributed by atoms with Crippen molar-refractivity contribution in [2.24, 2.45) is 0 Å². The van der Waals surface area contributed by atoms with Crippen LogP contribution in [0, 0.1) is 5.82 Å². The van der Waals surface area contributed by atoms with Crippen LogP contribution in [0.15, 0.2) is 42.5 Å². The first kappa shape index (κ1) is 24.4. The molecule has 2 aromatic carbocycles. The van der Waals surface area contributed by atoms with E-state index in [-0.39, 0.29) is 18.5 Å². The molecule has 2 fully saturated rings. The number of methoxy groups -OCH3 is 1. The maximum atomic E-state index is 14.9. The Morgan fingerprint density at radius 3 is 2.53 bits per heavy atom. The van der Waals surface area contributed by atoms with E-state index in [1.807, 2.05) is 32.0 Å². The van der Waals surface area contributed by atoms with Gasteiger partial charge in [0.1, 0.15) is 22.9 Å². The highest BCUT2D eigenvalue weighted by molar-refractivity contribution is 6.08. The molecule has 0 bridgehead atoms. The van der Waals surface area contributed by atoms with Gasteiger partial charge in [-0.05, 0) is 51.1 Å². The number of nitrogens with zero attached hydrogens (tertiary/aromatic N) is 3. The normalized spacial score (nSPS) is 23.4. The van der Waals surface area contributed by atoms with Gasteiger partial charge in [-0.3, -0.25) is 14.6 Å². The predicted octanol–water partition coefficient (Wildman–Crippen LogP) is 3.35. The molecule has 8 nitrogen and oxygen atoms in total. The van der Waals surface area contributed by atoms with Crippen LogP contribution in [0.2, 0.25) is 0 Å². The van der Waals surface area contributed by atoms with E-state index in [4.69, 9.17) is 9.47 Å². The van der Waals surface area contributed by atoms with E-state index in [1.165, 1.54) is 11.0 Å². The fourth-order valence-electron chi connectivity index (χ4n) is 5.74. The highest BCUT2D eigenvalue weighted by atomic mass is 19.1. The van der Waals surface area contributed by atoms with Crippen molar-refractivity contribution in [2.45, 2.75) is 37.8 Å². The summed E-state index contributed by atoms with van der Waals surface area (Å²) >= 11 is 0. The van der Waals surface area contributed by atoms with Gasteiger partial charge in [-0.15, -0.1) is 0 Å². The second-order valence-electron chi connectivity index (χ2n) is 10.3. The number of hydrogen-bond donors (Lipinski definition) is 1. The molecule has 0 radical (unpaired) electrons. The van der Waals surface area contributed by atoms with Crippen molar-refractivity contribution in [1.29, 1.82) is 0 Å². The highest BCUT2D eigenvalue weighted by Crippen LogP contribution is 2.47. The Bertz CT molecular complexity index is 1160. The molecule has 3 heterocycles. The van der Waals surface area contributed by atoms with Crippen molar-refractivity contribution in [1.82, 2.24) is 15.1 Å². The molecule has 0 aromatic heterocycles. The third-order valence-electron chi connectivity index (χ3n) is 7.31. The van der Waals surface area contributed by atoms with Gasteiger partial charge in [-0.25, -0.2) is 9.18 Å². The standard InChI is InChI=1S/C27H33FN4O4/c1-26(2)18-27(23-19(28)8-6-11-22(23)36-26)24(33)32(25(34)29-27)13-7-12-30-14-16-31(17-15-30)20-9-4-5-10-21(20)35-3/h4-6,8-11H,7,12-18H2,1-3H3,(H,29,34). The summed E-state index contributed by atoms with van der Waals surface area (Å²) in [7, 11) is 1.68. The van der Waals surface area contributed by atoms with Crippen LogP contribution in [0.4, 0.5) is 14.9 Å². The number of halogens is 1. The van der Waals surface area contributed by atoms with Crippen LogP contribution in [0.1, 0.15) is 32.3 Å². The second-order valence-corrected chi connectivity index (χ2v) is 10.3. The Morgan fingerprint density at radius 1 is 1.03 bits per heavy atom. The van der Waals surface area contributed by atoms with Crippen molar-refractivity contribution >= 4 is 17.6 Å². The van der Waals surface area contributed by atoms with Crippen molar-refractivity contribution in [3.63, 3.8) is 0 Å². The Morgan fingerprint density at radius 2 is 1.78 bits per heavy atom. The largest absolute Gasteiger partial charge is 0.495 e. The topological polar surface area (TPSA) is 74.3 Å². The number of rotatable bonds is 6. The molecule has 0 aliphatic carbocycles. The minimum absolute atomic E-state index is 0.123. The summed E-state index contributed by atoms with van der Waals surface area (Å²) in [6.07, 6.45) is 0.813. The van der Waals surface area contributed by atoms with E-state index in [1.54, 1.807) is 19.2 Å². The quantitative estimate of drug-likeness (QED) is 0.619. The zero-order chi connectivity index (χ0) is 25.5. The van der Waals surface area contributed by atoms with Crippen molar-refractivity contribution in [3.8, 4) is 11.5 Å². The van der Waals surface area contributed by atoms with Gasteiger partial charge in [-0.2, -0.15) is 0 Å². The molecule has 0 saturated carbocycles. The monoisotopic (exact) mass is 496 g/mol. The molecule has 2 saturated heterocycles. The molecule has 1 N–H and O–H groups in total. The zero-order valence-electron chi connectivity index (χ0n) is 21.1. The van der Waals surface area contributed by atoms with Gasteiger partial charge in [0.2, 0.25) is 0 Å². The number of nitrogens with one attached hydrogen (secondary N) is 1. The number of benzene rings is 2. The number of amides is 3. The zero-order valence-corrected chi connectivity index (χ0v) is 21.1. The lowest BCUT2D eigenvalue weighted by Crippen LogP contribution is -2.54. The summed E-state index contributed by atoms with van der Waals surface area (Å²) in [4.78, 5) is 32.5. The predicted molar refractivity (Wildman–Crippen MR) is 134 cm³/mol. The van der Waals surface area contributed by atoms with E-state index in [0.717, 1.165) is 44.2 Å². The molecule has 5 rings (SSSR count). The average molecular weight is 497 g/mol. The molecule has 1 atom stereocenters. The second kappa shape index (κ2) is 9.28. The maximum Gasteiger partial charge on any atom is 0.325 e. The van der Waals surface area contributed by atoms with E-state index in [0.29, 0.717) is 12.2 Å². The summed E-state index contributed by atoms with van der Waals surface area (Å²) in [5.41, 5.74) is -0.963. The molecule has 9 heteroatoms. The molecule has 36 heavy (non-hydrogen) atoms. The fraction of sp³-hybridized carbons (Fsp3) is 0.481. The molecule has 1 unspecified atom stereocenters. The summed E-state index contributed by atoms with van der Waals surface area (Å²) < 4.78 is 26.4. The summed E-state index contributed by atoms with van der Waals surface area (Å²) in [5, 5.41) is 2.83. The lowest BCUT2D eigenvalue weighted by Gasteiger charge is -2.42. The third-order valence-corrected chi connectivity index (χ3v) is 7.31. The van der Waals surface area contributed by atoms with Gasteiger partial charge in [0.05, 0.1) is 18.4 Å². The molecule has 192 valence electrons. The van der Waals surface area contributed by atoms with E-state index in [2.05, 4.69) is 21.2 Å². The van der Waals surface area contributed by atoms with Crippen LogP contribution < -0.4 is 19.7 Å². The number of carbonyl (C=O) groups excluding carboxylic acids is 2. The number of urea groups is 1. The molecule has 1 spiro atoms. The average Bonchev–Trinajstić information content (AvgIpc) is 3.07. The third kappa shape index (κ3) is 4.25. The van der Waals surface area contributed by atoms with Crippen molar-refractivity contribution in [2.75, 3.05) is 51.3 Å². The SMILES string of the molecule is COc1ccccc1N1CCN(CCCN2C(=O)NC3(CC(C)(C)Oc4cccc(F)c43)C2=O)CC1. The minimum atomic E-state index is -1.44. The molecule has 3 amide bonds. The Balaban J connectivity index is 1.21. The smallest absolute Gasteiger partial charge is 0.325 e. The van der Waals surface area contributed by atoms with Crippen LogP contribution in [0.5, 0.6) is 11.5 Å². The number of carbonyl (C=O) groups is 2. The van der Waals surface area contributed by atoms with E-state index < -0.39 is 28.9 Å². The lowest BCUT2D eigenvalue weighted by atomic mass is 9.77. The van der Waals surface area contributed by atoms with Gasteiger partial charge < -0.3 is 19.7 Å². The first-order chi connectivity index (χ1) is 17.2. The van der Waals surface area contributed by atoms with Crippen LogP contribution in [-0.2, 0) is 10.3 Å². The number of imide groups is 1. The number of hydrogen-bond acceptors (Lipinski definition) is 6. The molecular weight excluding hydrogens is 463 g/mol. The molecule has 3 aliphatic rings. The van der Waals surface area contributed by atoms with Gasteiger partial charge >= 0.3 is 6.03 Å². The summed E-state index contributed by atoms with van der Waals surface area (Å²) in [6, 6.07) is 12.0. The number of fused-ring (bicyclic) bond motifs is 2. The first-order valence-corrected chi connectivity index (χ1v) is 12.5. The highest BCUT2D eigenvalue weighted by Gasteiger charge is 2.59. The number of anilines is 1. The van der Waals surface area contributed by atoms with E-state index >= 15 is 0 Å². The van der Waals surface area contributed by atoms with E-state index in [9.17, 15) is 14.0 Å². The Hall–Kier alpha value is -3.33. The van der Waals surface area contributed by atoms with Crippen molar-refractivity contribution in [3.05, 3.63) is 53.8 Å². The maximum absolute atomic E-state index is 14.9. The van der Waals surface area contributed by atoms with Crippen molar-refractivity contribution < 1.29 is 23.5 Å². The number of ether oxygens (including phenoxy) is 2. The fourth-order valence-corrected chi connectivity index (χ4v) is 5.74. The summed E-state index contributed by atoms with van der Waals surface area (Å²) in [6.45, 7) is 8.24. The van der Waals surface area contributed by atoms with Gasteiger partial charge in [0.15, 0.2) is 5.54 Å². The van der Waals surface area contributed by atoms with Crippen LogP contribution in [0.25, 0.3) is 0 Å². The van der Waals surface area contributed by atoms with Crippen LogP contribution >= 0.6 is 0 Å². The number of piperazine rings is 1. The van der Waals surface area contributed by atoms with Crippen LogP contribution in [-0.4, -0.2) is 73.7 Å². The minimum Gasteiger partial charge on any atom is -0.495 e. The van der Waals surface area contributed by atoms with Gasteiger partial charge in [0.25, 0.3) is 5.91 Å². The molecular formula is C27H33FN4O4.